The van der Waals surface area contributed by atoms with Gasteiger partial charge in [-0.05, 0) is 30.3 Å². The highest BCUT2D eigenvalue weighted by molar-refractivity contribution is 5.67. The van der Waals surface area contributed by atoms with Gasteiger partial charge < -0.3 is 8.83 Å². The van der Waals surface area contributed by atoms with E-state index in [1.807, 2.05) is 0 Å². The Balaban J connectivity index is 1.43. The van der Waals surface area contributed by atoms with Crippen LogP contribution >= 0.6 is 0 Å². The third-order valence-electron chi connectivity index (χ3n) is 4.81. The van der Waals surface area contributed by atoms with Crippen molar-refractivity contribution in [1.82, 2.24) is 20.4 Å². The van der Waals surface area contributed by atoms with Crippen LogP contribution in [0.5, 0.6) is 0 Å². The van der Waals surface area contributed by atoms with Gasteiger partial charge in [0.1, 0.15) is 0 Å². The van der Waals surface area contributed by atoms with E-state index in [9.17, 15) is 20.2 Å². The van der Waals surface area contributed by atoms with Gasteiger partial charge in [-0.15, -0.1) is 20.4 Å². The van der Waals surface area contributed by atoms with Gasteiger partial charge in [0.05, 0.1) is 9.85 Å². The van der Waals surface area contributed by atoms with Crippen molar-refractivity contribution in [2.24, 2.45) is 0 Å². The molecule has 2 aromatic heterocycles. The van der Waals surface area contributed by atoms with Crippen molar-refractivity contribution in [1.29, 1.82) is 0 Å². The molecule has 0 saturated heterocycles. The smallest absolute Gasteiger partial charge is 0.270 e. The van der Waals surface area contributed by atoms with Crippen molar-refractivity contribution in [3.05, 3.63) is 93.0 Å². The van der Waals surface area contributed by atoms with Gasteiger partial charge in [-0.2, -0.15) is 0 Å². The Kier molecular flexibility index (Phi) is 5.07. The molecule has 0 amide bonds. The average molecular weight is 456 g/mol. The minimum Gasteiger partial charge on any atom is -0.416 e. The third kappa shape index (κ3) is 3.98. The zero-order valence-electron chi connectivity index (χ0n) is 17.1. The molecule has 12 heteroatoms. The molecule has 34 heavy (non-hydrogen) atoms. The highest BCUT2D eigenvalue weighted by Gasteiger charge is 2.17. The summed E-state index contributed by atoms with van der Waals surface area (Å²) in [6.07, 6.45) is 0. The molecular weight excluding hydrogens is 444 g/mol. The lowest BCUT2D eigenvalue weighted by Gasteiger charge is -1.99. The van der Waals surface area contributed by atoms with Crippen LogP contribution in [0.3, 0.4) is 0 Å². The molecule has 0 unspecified atom stereocenters. The van der Waals surface area contributed by atoms with Crippen molar-refractivity contribution in [2.45, 2.75) is 0 Å². The average Bonchev–Trinajstić information content (AvgIpc) is 3.55. The Morgan fingerprint density at radius 3 is 1.21 bits per heavy atom. The zero-order chi connectivity index (χ0) is 23.7. The molecule has 0 aliphatic carbocycles. The van der Waals surface area contributed by atoms with Gasteiger partial charge in [0.25, 0.3) is 11.4 Å². The fourth-order valence-corrected chi connectivity index (χ4v) is 3.20. The molecule has 166 valence electrons. The van der Waals surface area contributed by atoms with Gasteiger partial charge in [-0.25, -0.2) is 0 Å². The molecule has 0 atom stereocenters. The van der Waals surface area contributed by atoms with E-state index in [0.717, 1.165) is 0 Å². The number of hydrogen-bond donors (Lipinski definition) is 0. The lowest BCUT2D eigenvalue weighted by Crippen LogP contribution is -1.88. The fourth-order valence-electron chi connectivity index (χ4n) is 3.20. The van der Waals surface area contributed by atoms with E-state index in [2.05, 4.69) is 20.4 Å². The van der Waals surface area contributed by atoms with E-state index in [4.69, 9.17) is 8.83 Å². The SMILES string of the molecule is O=[N+]([O-])c1cccc(-c2nnc(-c3cccc(-c4nnc(-c5cccc([N+](=O)[O-])c5)o4)c3)o2)c1. The van der Waals surface area contributed by atoms with Gasteiger partial charge in [0.2, 0.25) is 23.6 Å². The predicted molar refractivity (Wildman–Crippen MR) is 117 cm³/mol. The Bertz CT molecular complexity index is 1430. The van der Waals surface area contributed by atoms with E-state index in [1.165, 1.54) is 36.4 Å². The summed E-state index contributed by atoms with van der Waals surface area (Å²) < 4.78 is 11.4. The molecule has 0 saturated carbocycles. The quantitative estimate of drug-likeness (QED) is 0.252. The van der Waals surface area contributed by atoms with Crippen LogP contribution in [0.4, 0.5) is 11.4 Å². The maximum absolute atomic E-state index is 11.0. The highest BCUT2D eigenvalue weighted by atomic mass is 16.6. The molecule has 0 aliphatic rings. The van der Waals surface area contributed by atoms with Gasteiger partial charge in [-0.3, -0.25) is 20.2 Å². The lowest BCUT2D eigenvalue weighted by atomic mass is 10.1. The van der Waals surface area contributed by atoms with Crippen LogP contribution in [0.15, 0.2) is 81.6 Å². The van der Waals surface area contributed by atoms with Gasteiger partial charge in [0, 0.05) is 46.5 Å². The largest absolute Gasteiger partial charge is 0.416 e. The Labute approximate surface area is 189 Å². The molecule has 5 aromatic rings. The number of aromatic nitrogens is 4. The highest BCUT2D eigenvalue weighted by Crippen LogP contribution is 2.30. The molecule has 0 N–H and O–H groups in total. The minimum absolute atomic E-state index is 0.0878. The number of nitrogens with zero attached hydrogens (tertiary/aromatic N) is 6. The molecule has 0 aliphatic heterocycles. The first kappa shape index (κ1) is 20.6. The van der Waals surface area contributed by atoms with Crippen LogP contribution in [-0.2, 0) is 0 Å². The molecule has 0 radical (unpaired) electrons. The monoisotopic (exact) mass is 456 g/mol. The number of benzene rings is 3. The van der Waals surface area contributed by atoms with Crippen LogP contribution < -0.4 is 0 Å². The number of non-ortho nitro benzene ring substituents is 2. The first-order valence-corrected chi connectivity index (χ1v) is 9.75. The van der Waals surface area contributed by atoms with Gasteiger partial charge >= 0.3 is 0 Å². The molecule has 0 bridgehead atoms. The molecule has 12 nitrogen and oxygen atoms in total. The second-order valence-corrected chi connectivity index (χ2v) is 7.02. The number of rotatable bonds is 6. The fraction of sp³-hybridized carbons (Fsp3) is 0. The number of nitro benzene ring substituents is 2. The van der Waals surface area contributed by atoms with Crippen LogP contribution in [-0.4, -0.2) is 30.2 Å². The standard InChI is InChI=1S/C22H12N6O6/c29-27(30)17-8-2-6-15(11-17)21-25-23-19(33-21)13-4-1-5-14(10-13)20-24-26-22(34-20)16-7-3-9-18(12-16)28(31)32/h1-12H. The summed E-state index contributed by atoms with van der Waals surface area (Å²) in [6.45, 7) is 0. The van der Waals surface area contributed by atoms with Crippen molar-refractivity contribution in [2.75, 3.05) is 0 Å². The van der Waals surface area contributed by atoms with Crippen molar-refractivity contribution < 1.29 is 18.7 Å². The van der Waals surface area contributed by atoms with E-state index in [-0.39, 0.29) is 34.9 Å². The van der Waals surface area contributed by atoms with Crippen molar-refractivity contribution >= 4 is 11.4 Å². The minimum atomic E-state index is -0.503. The van der Waals surface area contributed by atoms with E-state index in [1.54, 1.807) is 36.4 Å². The van der Waals surface area contributed by atoms with E-state index in [0.29, 0.717) is 22.3 Å². The Morgan fingerprint density at radius 2 is 0.853 bits per heavy atom. The Hall–Kier alpha value is -5.26. The maximum atomic E-state index is 11.0. The summed E-state index contributed by atoms with van der Waals surface area (Å²) in [5.74, 6) is 0.660. The second kappa shape index (κ2) is 8.35. The normalized spacial score (nSPS) is 10.8. The molecule has 3 aromatic carbocycles. The first-order chi connectivity index (χ1) is 16.5. The molecule has 5 rings (SSSR count). The second-order valence-electron chi connectivity index (χ2n) is 7.02. The summed E-state index contributed by atoms with van der Waals surface area (Å²) in [5.41, 5.74) is 1.80. The summed E-state index contributed by atoms with van der Waals surface area (Å²) >= 11 is 0. The predicted octanol–water partition coefficient (Wildman–Crippen LogP) is 4.94. The zero-order valence-corrected chi connectivity index (χ0v) is 17.1. The van der Waals surface area contributed by atoms with Gasteiger partial charge in [0.15, 0.2) is 0 Å². The van der Waals surface area contributed by atoms with Crippen LogP contribution in [0.25, 0.3) is 45.8 Å². The van der Waals surface area contributed by atoms with Crippen LogP contribution in [0.1, 0.15) is 0 Å². The van der Waals surface area contributed by atoms with Crippen molar-refractivity contribution in [3.63, 3.8) is 0 Å². The number of hydrogen-bond acceptors (Lipinski definition) is 10. The Morgan fingerprint density at radius 1 is 0.529 bits per heavy atom. The summed E-state index contributed by atoms with van der Waals surface area (Å²) in [7, 11) is 0. The van der Waals surface area contributed by atoms with Crippen LogP contribution in [0, 0.1) is 20.2 Å². The summed E-state index contributed by atoms with van der Waals surface area (Å²) in [4.78, 5) is 21.0. The summed E-state index contributed by atoms with van der Waals surface area (Å²) in [5, 5.41) is 38.1. The maximum Gasteiger partial charge on any atom is 0.270 e. The topological polar surface area (TPSA) is 164 Å². The van der Waals surface area contributed by atoms with Gasteiger partial charge in [-0.1, -0.05) is 18.2 Å². The van der Waals surface area contributed by atoms with E-state index < -0.39 is 9.85 Å². The van der Waals surface area contributed by atoms with E-state index >= 15 is 0 Å². The number of nitro groups is 2. The first-order valence-electron chi connectivity index (χ1n) is 9.75. The van der Waals surface area contributed by atoms with Crippen molar-refractivity contribution in [3.8, 4) is 45.8 Å². The van der Waals surface area contributed by atoms with Crippen LogP contribution in [0.2, 0.25) is 0 Å². The molecular formula is C22H12N6O6. The molecule has 0 spiro atoms. The third-order valence-corrected chi connectivity index (χ3v) is 4.81. The molecule has 0 fully saturated rings. The molecule has 2 heterocycles. The lowest BCUT2D eigenvalue weighted by molar-refractivity contribution is -0.385. The summed E-state index contributed by atoms with van der Waals surface area (Å²) in [6, 6.07) is 18.7.